The molecule has 8 heteroatoms. The number of hydrogen-bond donors (Lipinski definition) is 0. The molecule has 3 nitrogen and oxygen atoms in total. The van der Waals surface area contributed by atoms with Crippen molar-refractivity contribution in [2.75, 3.05) is 0 Å². The summed E-state index contributed by atoms with van der Waals surface area (Å²) in [4.78, 5) is 0. The van der Waals surface area contributed by atoms with Crippen LogP contribution in [0.1, 0.15) is 6.42 Å². The highest BCUT2D eigenvalue weighted by Crippen LogP contribution is 2.28. The van der Waals surface area contributed by atoms with Crippen molar-refractivity contribution in [2.24, 2.45) is 0 Å². The monoisotopic (exact) mass is 250 g/mol. The molecule has 0 amide bonds. The van der Waals surface area contributed by atoms with Crippen molar-refractivity contribution < 1.29 is 25.8 Å². The molecule has 0 unspecified atom stereocenters. The summed E-state index contributed by atoms with van der Waals surface area (Å²) in [6.07, 6.45) is 4.14. The Morgan fingerprint density at radius 1 is 1.36 bits per heavy atom. The molecule has 0 aromatic rings. The van der Waals surface area contributed by atoms with Crippen molar-refractivity contribution in [3.63, 3.8) is 0 Å². The lowest BCUT2D eigenvalue weighted by Gasteiger charge is -2.09. The quantitative estimate of drug-likeness (QED) is 0.557. The SMILES string of the molecule is Cl.O=S(=O)(OC1=CC=CC1)C(F)(F)F. The van der Waals surface area contributed by atoms with Gasteiger partial charge in [-0.15, -0.1) is 12.4 Å². The molecule has 0 atom stereocenters. The Hall–Kier alpha value is -0.690. The highest BCUT2D eigenvalue weighted by atomic mass is 35.5. The van der Waals surface area contributed by atoms with Crippen LogP contribution in [0, 0.1) is 0 Å². The minimum absolute atomic E-state index is 0. The highest BCUT2D eigenvalue weighted by Gasteiger charge is 2.48. The minimum atomic E-state index is -5.49. The minimum Gasteiger partial charge on any atom is -0.380 e. The van der Waals surface area contributed by atoms with Gasteiger partial charge in [-0.25, -0.2) is 0 Å². The first-order valence-corrected chi connectivity index (χ1v) is 4.60. The van der Waals surface area contributed by atoms with Gasteiger partial charge in [-0.3, -0.25) is 0 Å². The van der Waals surface area contributed by atoms with Crippen LogP contribution < -0.4 is 0 Å². The van der Waals surface area contributed by atoms with Crippen LogP contribution in [0.25, 0.3) is 0 Å². The van der Waals surface area contributed by atoms with Gasteiger partial charge < -0.3 is 4.18 Å². The summed E-state index contributed by atoms with van der Waals surface area (Å²) in [6.45, 7) is 0. The Bertz CT molecular complexity index is 355. The lowest BCUT2D eigenvalue weighted by atomic mass is 10.4. The van der Waals surface area contributed by atoms with Crippen molar-refractivity contribution in [1.82, 2.24) is 0 Å². The van der Waals surface area contributed by atoms with Gasteiger partial charge in [0.1, 0.15) is 5.76 Å². The van der Waals surface area contributed by atoms with E-state index in [0.717, 1.165) is 0 Å². The van der Waals surface area contributed by atoms with Gasteiger partial charge in [-0.05, 0) is 6.08 Å². The Morgan fingerprint density at radius 3 is 2.29 bits per heavy atom. The van der Waals surface area contributed by atoms with E-state index in [1.807, 2.05) is 0 Å². The van der Waals surface area contributed by atoms with Crippen LogP contribution in [0.15, 0.2) is 24.0 Å². The van der Waals surface area contributed by atoms with Gasteiger partial charge in [0.15, 0.2) is 0 Å². The Morgan fingerprint density at radius 2 is 1.93 bits per heavy atom. The van der Waals surface area contributed by atoms with E-state index in [4.69, 9.17) is 0 Å². The third-order valence-electron chi connectivity index (χ3n) is 1.24. The molecule has 0 heterocycles. The van der Waals surface area contributed by atoms with E-state index >= 15 is 0 Å². The summed E-state index contributed by atoms with van der Waals surface area (Å²) < 4.78 is 59.8. The van der Waals surface area contributed by atoms with E-state index in [0.29, 0.717) is 0 Å². The molecule has 0 aromatic carbocycles. The summed E-state index contributed by atoms with van der Waals surface area (Å²) in [7, 11) is -5.49. The summed E-state index contributed by atoms with van der Waals surface area (Å²) in [6, 6.07) is 0. The Labute approximate surface area is 84.8 Å². The van der Waals surface area contributed by atoms with E-state index in [-0.39, 0.29) is 24.6 Å². The molecule has 1 rings (SSSR count). The predicted octanol–water partition coefficient (Wildman–Crippen LogP) is 2.12. The molecule has 0 radical (unpaired) electrons. The molecule has 0 saturated carbocycles. The first-order valence-electron chi connectivity index (χ1n) is 3.19. The van der Waals surface area contributed by atoms with Gasteiger partial charge in [-0.2, -0.15) is 21.6 Å². The largest absolute Gasteiger partial charge is 0.534 e. The summed E-state index contributed by atoms with van der Waals surface area (Å²) >= 11 is 0. The number of allylic oxidation sites excluding steroid dienone is 3. The van der Waals surface area contributed by atoms with Crippen LogP contribution in [0.2, 0.25) is 0 Å². The van der Waals surface area contributed by atoms with Gasteiger partial charge in [-0.1, -0.05) is 12.2 Å². The fourth-order valence-electron chi connectivity index (χ4n) is 0.678. The van der Waals surface area contributed by atoms with E-state index in [1.165, 1.54) is 18.2 Å². The Balaban J connectivity index is 0.00000169. The first-order chi connectivity index (χ1) is 5.83. The standard InChI is InChI=1S/C6H5F3O3S.ClH/c7-6(8,9)13(10,11)12-5-3-1-2-4-5;/h1-3H,4H2;1H. The van der Waals surface area contributed by atoms with Crippen LogP contribution in [0.3, 0.4) is 0 Å². The van der Waals surface area contributed by atoms with Crippen molar-refractivity contribution in [2.45, 2.75) is 11.9 Å². The molecule has 0 aliphatic heterocycles. The van der Waals surface area contributed by atoms with Crippen LogP contribution in [0.5, 0.6) is 0 Å². The number of alkyl halides is 3. The molecular formula is C6H6ClF3O3S. The second-order valence-corrected chi connectivity index (χ2v) is 3.79. The van der Waals surface area contributed by atoms with E-state index in [9.17, 15) is 21.6 Å². The lowest BCUT2D eigenvalue weighted by Crippen LogP contribution is -2.25. The van der Waals surface area contributed by atoms with Gasteiger partial charge in [0.05, 0.1) is 0 Å². The van der Waals surface area contributed by atoms with Crippen LogP contribution in [-0.4, -0.2) is 13.9 Å². The predicted molar refractivity (Wildman–Crippen MR) is 45.1 cm³/mol. The van der Waals surface area contributed by atoms with Gasteiger partial charge in [0.2, 0.25) is 0 Å². The zero-order chi connectivity index (χ0) is 10.1. The van der Waals surface area contributed by atoms with Crippen LogP contribution >= 0.6 is 12.4 Å². The zero-order valence-electron chi connectivity index (χ0n) is 6.61. The fourth-order valence-corrected chi connectivity index (χ4v) is 1.18. The van der Waals surface area contributed by atoms with Crippen molar-refractivity contribution in [1.29, 1.82) is 0 Å². The third-order valence-corrected chi connectivity index (χ3v) is 2.24. The van der Waals surface area contributed by atoms with E-state index in [2.05, 4.69) is 4.18 Å². The molecule has 0 aromatic heterocycles. The number of halogens is 4. The molecule has 0 spiro atoms. The second kappa shape index (κ2) is 4.22. The number of rotatable bonds is 2. The second-order valence-electron chi connectivity index (χ2n) is 2.25. The maximum Gasteiger partial charge on any atom is 0.534 e. The normalized spacial score (nSPS) is 16.1. The molecule has 1 aliphatic carbocycles. The number of hydrogen-bond acceptors (Lipinski definition) is 3. The molecular weight excluding hydrogens is 245 g/mol. The summed E-state index contributed by atoms with van der Waals surface area (Å²) in [5.41, 5.74) is -5.36. The van der Waals surface area contributed by atoms with Crippen molar-refractivity contribution in [3.8, 4) is 0 Å². The average Bonchev–Trinajstić information content (AvgIpc) is 2.35. The fraction of sp³-hybridized carbons (Fsp3) is 0.333. The molecule has 14 heavy (non-hydrogen) atoms. The Kier molecular flexibility index (Phi) is 4.01. The van der Waals surface area contributed by atoms with Crippen molar-refractivity contribution in [3.05, 3.63) is 24.0 Å². The summed E-state index contributed by atoms with van der Waals surface area (Å²) in [5.74, 6) is -0.225. The van der Waals surface area contributed by atoms with Crippen molar-refractivity contribution >= 4 is 22.5 Å². The van der Waals surface area contributed by atoms with Gasteiger partial charge >= 0.3 is 15.6 Å². The van der Waals surface area contributed by atoms with Gasteiger partial charge in [0.25, 0.3) is 0 Å². The van der Waals surface area contributed by atoms with E-state index < -0.39 is 15.6 Å². The van der Waals surface area contributed by atoms with Crippen LogP contribution in [-0.2, 0) is 14.3 Å². The molecule has 0 bridgehead atoms. The smallest absolute Gasteiger partial charge is 0.380 e. The molecule has 82 valence electrons. The molecule has 1 aliphatic rings. The molecule has 0 fully saturated rings. The average molecular weight is 251 g/mol. The zero-order valence-corrected chi connectivity index (χ0v) is 8.25. The highest BCUT2D eigenvalue weighted by molar-refractivity contribution is 7.87. The van der Waals surface area contributed by atoms with E-state index in [1.54, 1.807) is 0 Å². The van der Waals surface area contributed by atoms with Crippen LogP contribution in [0.4, 0.5) is 13.2 Å². The lowest BCUT2D eigenvalue weighted by molar-refractivity contribution is -0.0522. The first kappa shape index (κ1) is 13.3. The molecule has 0 N–H and O–H groups in total. The maximum atomic E-state index is 11.7. The van der Waals surface area contributed by atoms with Gasteiger partial charge in [0, 0.05) is 6.42 Å². The maximum absolute atomic E-state index is 11.7. The summed E-state index contributed by atoms with van der Waals surface area (Å²) in [5, 5.41) is 0. The molecule has 0 saturated heterocycles. The third kappa shape index (κ3) is 2.91. The topological polar surface area (TPSA) is 43.4 Å².